The number of rotatable bonds is 7. The number of halogens is 2. The summed E-state index contributed by atoms with van der Waals surface area (Å²) < 4.78 is 26.8. The van der Waals surface area contributed by atoms with E-state index in [9.17, 15) is 8.78 Å². The summed E-state index contributed by atoms with van der Waals surface area (Å²) in [4.78, 5) is 0. The first-order valence-electron chi connectivity index (χ1n) is 3.81. The van der Waals surface area contributed by atoms with Gasteiger partial charge in [-0.05, 0) is 32.9 Å². The van der Waals surface area contributed by atoms with Crippen LogP contribution in [0, 0.1) is 0 Å². The van der Waals surface area contributed by atoms with Crippen LogP contribution in [0.1, 0.15) is 19.3 Å². The van der Waals surface area contributed by atoms with Crippen LogP contribution in [0.4, 0.5) is 8.78 Å². The Morgan fingerprint density at radius 3 is 2.55 bits per heavy atom. The predicted octanol–water partition coefficient (Wildman–Crippen LogP) is 1.62. The van der Waals surface area contributed by atoms with Gasteiger partial charge in [-0.2, -0.15) is 8.78 Å². The van der Waals surface area contributed by atoms with E-state index in [2.05, 4.69) is 10.1 Å². The second kappa shape index (κ2) is 7.88. The molecule has 0 aromatic heterocycles. The lowest BCUT2D eigenvalue weighted by Crippen LogP contribution is -2.08. The largest absolute Gasteiger partial charge is 0.345 e. The highest BCUT2D eigenvalue weighted by Crippen LogP contribution is 1.99. The Morgan fingerprint density at radius 2 is 2.00 bits per heavy atom. The lowest BCUT2D eigenvalue weighted by Gasteiger charge is -2.01. The van der Waals surface area contributed by atoms with Crippen molar-refractivity contribution in [3.8, 4) is 0 Å². The second-order valence-electron chi connectivity index (χ2n) is 2.30. The zero-order valence-electron chi connectivity index (χ0n) is 6.78. The molecule has 0 amide bonds. The van der Waals surface area contributed by atoms with E-state index in [1.54, 1.807) is 0 Å². The summed E-state index contributed by atoms with van der Waals surface area (Å²) in [7, 11) is 1.87. The normalized spacial score (nSPS) is 10.9. The maximum atomic E-state index is 11.4. The number of nitrogens with one attached hydrogen (secondary N) is 1. The van der Waals surface area contributed by atoms with Gasteiger partial charge in [-0.3, -0.25) is 0 Å². The summed E-state index contributed by atoms with van der Waals surface area (Å²) in [5, 5.41) is 2.98. The second-order valence-corrected chi connectivity index (χ2v) is 2.30. The first-order valence-corrected chi connectivity index (χ1v) is 3.81. The third kappa shape index (κ3) is 9.78. The van der Waals surface area contributed by atoms with Crippen molar-refractivity contribution in [3.05, 3.63) is 0 Å². The Hall–Kier alpha value is -0.220. The summed E-state index contributed by atoms with van der Waals surface area (Å²) in [6, 6.07) is 0. The van der Waals surface area contributed by atoms with Crippen molar-refractivity contribution in [2.75, 3.05) is 20.2 Å². The minimum absolute atomic E-state index is 0.168. The highest BCUT2D eigenvalue weighted by Gasteiger charge is 1.99. The molecule has 0 radical (unpaired) electrons. The fourth-order valence-electron chi connectivity index (χ4n) is 0.753. The van der Waals surface area contributed by atoms with Gasteiger partial charge in [0, 0.05) is 0 Å². The van der Waals surface area contributed by atoms with E-state index < -0.39 is 6.61 Å². The zero-order valence-corrected chi connectivity index (χ0v) is 6.78. The van der Waals surface area contributed by atoms with E-state index in [1.807, 2.05) is 7.05 Å². The van der Waals surface area contributed by atoms with Gasteiger partial charge >= 0.3 is 6.61 Å². The monoisotopic (exact) mass is 167 g/mol. The predicted molar refractivity (Wildman–Crippen MR) is 39.7 cm³/mol. The molecule has 0 aliphatic heterocycles. The van der Waals surface area contributed by atoms with Crippen molar-refractivity contribution in [2.24, 2.45) is 0 Å². The van der Waals surface area contributed by atoms with Gasteiger partial charge in [0.1, 0.15) is 0 Å². The van der Waals surface area contributed by atoms with Gasteiger partial charge in [0.15, 0.2) is 0 Å². The summed E-state index contributed by atoms with van der Waals surface area (Å²) in [6.45, 7) is -1.50. The van der Waals surface area contributed by atoms with E-state index in [4.69, 9.17) is 0 Å². The van der Waals surface area contributed by atoms with E-state index in [0.717, 1.165) is 19.4 Å². The molecule has 0 rings (SSSR count). The van der Waals surface area contributed by atoms with Gasteiger partial charge in [0.25, 0.3) is 0 Å². The van der Waals surface area contributed by atoms with Gasteiger partial charge in [-0.1, -0.05) is 0 Å². The van der Waals surface area contributed by atoms with Gasteiger partial charge in [0.05, 0.1) is 6.61 Å². The molecule has 0 saturated heterocycles. The van der Waals surface area contributed by atoms with Crippen molar-refractivity contribution in [1.29, 1.82) is 0 Å². The molecule has 0 bridgehead atoms. The van der Waals surface area contributed by atoms with Crippen LogP contribution in [0.25, 0.3) is 0 Å². The van der Waals surface area contributed by atoms with Crippen LogP contribution in [0.3, 0.4) is 0 Å². The van der Waals surface area contributed by atoms with Crippen molar-refractivity contribution in [1.82, 2.24) is 5.32 Å². The average molecular weight is 167 g/mol. The zero-order chi connectivity index (χ0) is 8.53. The molecule has 2 nitrogen and oxygen atoms in total. The van der Waals surface area contributed by atoms with Crippen molar-refractivity contribution in [3.63, 3.8) is 0 Å². The molecular formula is C7H15F2NO. The summed E-state index contributed by atoms with van der Waals surface area (Å²) in [6.07, 6.45) is 2.67. The van der Waals surface area contributed by atoms with Crippen molar-refractivity contribution < 1.29 is 13.5 Å². The molecule has 0 spiro atoms. The quantitative estimate of drug-likeness (QED) is 0.582. The number of ether oxygens (including phenoxy) is 1. The van der Waals surface area contributed by atoms with Crippen LogP contribution in [-0.2, 0) is 4.74 Å². The number of unbranched alkanes of at least 4 members (excludes halogenated alkanes) is 2. The van der Waals surface area contributed by atoms with Gasteiger partial charge in [-0.25, -0.2) is 0 Å². The molecule has 11 heavy (non-hydrogen) atoms. The lowest BCUT2D eigenvalue weighted by atomic mass is 10.2. The maximum absolute atomic E-state index is 11.4. The summed E-state index contributed by atoms with van der Waals surface area (Å²) >= 11 is 0. The Kier molecular flexibility index (Phi) is 7.72. The molecule has 1 N–H and O–H groups in total. The Morgan fingerprint density at radius 1 is 1.27 bits per heavy atom. The molecule has 0 atom stereocenters. The molecule has 0 aliphatic rings. The Bertz CT molecular complexity index is 80.8. The van der Waals surface area contributed by atoms with Crippen LogP contribution >= 0.6 is 0 Å². The first-order chi connectivity index (χ1) is 5.27. The smallest absolute Gasteiger partial charge is 0.323 e. The Labute approximate surface area is 65.9 Å². The van der Waals surface area contributed by atoms with Crippen LogP contribution in [-0.4, -0.2) is 26.8 Å². The fraction of sp³-hybridized carbons (Fsp3) is 1.00. The molecular weight excluding hydrogens is 152 g/mol. The lowest BCUT2D eigenvalue weighted by molar-refractivity contribution is -0.129. The molecule has 0 unspecified atom stereocenters. The highest BCUT2D eigenvalue weighted by atomic mass is 19.3. The summed E-state index contributed by atoms with van der Waals surface area (Å²) in [5.74, 6) is 0. The topological polar surface area (TPSA) is 21.3 Å². The molecule has 0 saturated carbocycles. The van der Waals surface area contributed by atoms with Crippen LogP contribution in [0.15, 0.2) is 0 Å². The summed E-state index contributed by atoms with van der Waals surface area (Å²) in [5.41, 5.74) is 0. The van der Waals surface area contributed by atoms with Crippen molar-refractivity contribution in [2.45, 2.75) is 25.9 Å². The highest BCUT2D eigenvalue weighted by molar-refractivity contribution is 4.43. The van der Waals surface area contributed by atoms with E-state index >= 15 is 0 Å². The molecule has 68 valence electrons. The van der Waals surface area contributed by atoms with Gasteiger partial charge in [0.2, 0.25) is 0 Å². The first kappa shape index (κ1) is 10.8. The molecule has 0 heterocycles. The third-order valence-corrected chi connectivity index (χ3v) is 1.31. The van der Waals surface area contributed by atoms with Crippen LogP contribution in [0.2, 0.25) is 0 Å². The maximum Gasteiger partial charge on any atom is 0.345 e. The van der Waals surface area contributed by atoms with Gasteiger partial charge in [-0.15, -0.1) is 0 Å². The minimum Gasteiger partial charge on any atom is -0.323 e. The third-order valence-electron chi connectivity index (χ3n) is 1.31. The molecule has 0 aromatic rings. The molecule has 0 aliphatic carbocycles. The fourth-order valence-corrected chi connectivity index (χ4v) is 0.753. The van der Waals surface area contributed by atoms with E-state index in [-0.39, 0.29) is 6.61 Å². The average Bonchev–Trinajstić information content (AvgIpc) is 1.96. The molecule has 0 fully saturated rings. The van der Waals surface area contributed by atoms with Gasteiger partial charge < -0.3 is 10.1 Å². The van der Waals surface area contributed by atoms with E-state index in [0.29, 0.717) is 6.42 Å². The van der Waals surface area contributed by atoms with Crippen LogP contribution in [0.5, 0.6) is 0 Å². The molecule has 4 heteroatoms. The standard InChI is InChI=1S/C7H15F2NO/c1-10-5-3-2-4-6-11-7(8)9/h7,10H,2-6H2,1H3. The Balaban J connectivity index is 2.80. The van der Waals surface area contributed by atoms with E-state index in [1.165, 1.54) is 0 Å². The van der Waals surface area contributed by atoms with Crippen LogP contribution < -0.4 is 5.32 Å². The molecule has 0 aromatic carbocycles. The van der Waals surface area contributed by atoms with Crippen molar-refractivity contribution >= 4 is 0 Å². The number of hydrogen-bond acceptors (Lipinski definition) is 2. The minimum atomic E-state index is -2.61. The number of hydrogen-bond donors (Lipinski definition) is 1. The number of alkyl halides is 2. The SMILES string of the molecule is CNCCCCCOC(F)F.